The van der Waals surface area contributed by atoms with Crippen LogP contribution in [0.25, 0.3) is 16.6 Å². The maximum atomic E-state index is 14.0. The molecule has 0 radical (unpaired) electrons. The third-order valence-electron chi connectivity index (χ3n) is 8.70. The number of likely N-dealkylation sites (N-methyl/N-ethyl adjacent to an activating group) is 1. The summed E-state index contributed by atoms with van der Waals surface area (Å²) in [6.45, 7) is 4.56. The van der Waals surface area contributed by atoms with Crippen molar-refractivity contribution in [2.45, 2.75) is 25.4 Å². The van der Waals surface area contributed by atoms with Gasteiger partial charge in [0, 0.05) is 42.6 Å². The van der Waals surface area contributed by atoms with E-state index in [0.717, 1.165) is 54.7 Å². The number of H-pyrrole nitrogens is 1. The Kier molecular flexibility index (Phi) is 6.91. The summed E-state index contributed by atoms with van der Waals surface area (Å²) in [7, 11) is 2.09. The van der Waals surface area contributed by atoms with Gasteiger partial charge in [0.1, 0.15) is 5.82 Å². The van der Waals surface area contributed by atoms with Crippen LogP contribution in [0, 0.1) is 18.6 Å². The number of carbonyl (C=O) groups is 1. The minimum atomic E-state index is -0.846. The Morgan fingerprint density at radius 2 is 1.93 bits per heavy atom. The van der Waals surface area contributed by atoms with Gasteiger partial charge in [-0.15, -0.1) is 0 Å². The Balaban J connectivity index is 1.18. The average Bonchev–Trinajstić information content (AvgIpc) is 3.60. The number of ketones is 1. The molecule has 44 heavy (non-hydrogen) atoms. The molecule has 5 aromatic rings. The highest BCUT2D eigenvalue weighted by Gasteiger charge is 2.38. The number of nitrogens with zero attached hydrogens (tertiary/aromatic N) is 5. The Labute approximate surface area is 251 Å². The molecule has 0 bridgehead atoms. The summed E-state index contributed by atoms with van der Waals surface area (Å²) in [4.78, 5) is 25.8. The van der Waals surface area contributed by atoms with Crippen molar-refractivity contribution in [3.05, 3.63) is 94.4 Å². The molecule has 226 valence electrons. The van der Waals surface area contributed by atoms with Crippen LogP contribution in [0.5, 0.6) is 11.6 Å². The second kappa shape index (κ2) is 10.8. The van der Waals surface area contributed by atoms with Crippen LogP contribution in [0.2, 0.25) is 0 Å². The highest BCUT2D eigenvalue weighted by Crippen LogP contribution is 2.38. The van der Waals surface area contributed by atoms with Gasteiger partial charge >= 0.3 is 0 Å². The minimum Gasteiger partial charge on any atom is -0.433 e. The predicted molar refractivity (Wildman–Crippen MR) is 160 cm³/mol. The number of aromatic amines is 1. The van der Waals surface area contributed by atoms with Gasteiger partial charge in [0.2, 0.25) is 17.4 Å². The first kappa shape index (κ1) is 28.1. The van der Waals surface area contributed by atoms with Gasteiger partial charge in [-0.25, -0.2) is 18.4 Å². The smallest absolute Gasteiger partial charge is 0.219 e. The second-order valence-electron chi connectivity index (χ2n) is 11.5. The van der Waals surface area contributed by atoms with Crippen LogP contribution in [-0.4, -0.2) is 79.8 Å². The molecular weight excluding hydrogens is 568 g/mol. The number of para-hydroxylation sites is 1. The zero-order valence-corrected chi connectivity index (χ0v) is 24.2. The number of nitrogen functional groups attached to an aromatic ring is 1. The highest BCUT2D eigenvalue weighted by atomic mass is 19.1. The normalized spacial score (nSPS) is 17.5. The fraction of sp³-hybridized carbons (Fsp3) is 0.281. The number of benzene rings is 2. The Hall–Kier alpha value is -4.65. The number of aliphatic hydroxyl groups excluding tert-OH is 1. The molecular formula is C32H31F2N7O3. The van der Waals surface area contributed by atoms with E-state index in [4.69, 9.17) is 10.5 Å². The van der Waals surface area contributed by atoms with Crippen LogP contribution >= 0.6 is 0 Å². The lowest BCUT2D eigenvalue weighted by molar-refractivity contribution is -0.000681. The van der Waals surface area contributed by atoms with Gasteiger partial charge in [0.05, 0.1) is 42.0 Å². The third kappa shape index (κ3) is 4.62. The van der Waals surface area contributed by atoms with E-state index >= 15 is 0 Å². The van der Waals surface area contributed by atoms with E-state index in [9.17, 15) is 18.7 Å². The van der Waals surface area contributed by atoms with E-state index in [2.05, 4.69) is 38.0 Å². The fourth-order valence-electron chi connectivity index (χ4n) is 6.44. The van der Waals surface area contributed by atoms with E-state index in [1.54, 1.807) is 6.92 Å². The van der Waals surface area contributed by atoms with Crippen molar-refractivity contribution in [1.82, 2.24) is 29.5 Å². The van der Waals surface area contributed by atoms with Gasteiger partial charge in [-0.05, 0) is 61.3 Å². The number of rotatable bonds is 7. The molecule has 0 spiro atoms. The lowest BCUT2D eigenvalue weighted by Gasteiger charge is -2.49. The molecule has 1 fully saturated rings. The first-order valence-corrected chi connectivity index (χ1v) is 14.4. The van der Waals surface area contributed by atoms with Crippen LogP contribution in [0.15, 0.2) is 54.9 Å². The van der Waals surface area contributed by atoms with Crippen molar-refractivity contribution in [3.63, 3.8) is 0 Å². The predicted octanol–water partition coefficient (Wildman–Crippen LogP) is 4.15. The summed E-state index contributed by atoms with van der Waals surface area (Å²) < 4.78 is 34.8. The molecule has 7 rings (SSSR count). The Bertz CT molecular complexity index is 1890. The number of aromatic nitrogens is 4. The maximum absolute atomic E-state index is 14.0. The maximum Gasteiger partial charge on any atom is 0.219 e. The number of pyridine rings is 1. The SMILES string of the molecule is Cc1cc(Oc2c(F)cccc2F)ncc1-n1ncc(C(=O)c2cc3c4c(ccc3[nH]2)CCN(C2CN(C)C2)C4CO)c1N. The monoisotopic (exact) mass is 599 g/mol. The van der Waals surface area contributed by atoms with Gasteiger partial charge in [-0.1, -0.05) is 12.1 Å². The number of carbonyl (C=O) groups excluding carboxylic acids is 1. The van der Waals surface area contributed by atoms with Gasteiger partial charge in [0.25, 0.3) is 0 Å². The van der Waals surface area contributed by atoms with E-state index in [0.29, 0.717) is 23.0 Å². The standard InChI is InChI=1S/C32H31F2N7O3/c1-17-10-28(44-31-22(33)4-3-5-23(31)34)36-13-26(17)41-32(35)21(12-37-41)30(43)25-11-20-24(38-25)7-6-18-8-9-40(19-14-39(2)15-19)27(16-42)29(18)20/h3-7,10-13,19,27,38,42H,8-9,14-16,35H2,1-2H3. The van der Waals surface area contributed by atoms with Crippen molar-refractivity contribution in [1.29, 1.82) is 0 Å². The number of fused-ring (bicyclic) bond motifs is 3. The van der Waals surface area contributed by atoms with E-state index in [-0.39, 0.29) is 35.7 Å². The minimum absolute atomic E-state index is 0.00699. The van der Waals surface area contributed by atoms with Crippen molar-refractivity contribution in [2.24, 2.45) is 0 Å². The van der Waals surface area contributed by atoms with Gasteiger partial charge < -0.3 is 25.5 Å². The summed E-state index contributed by atoms with van der Waals surface area (Å²) in [6.07, 6.45) is 3.70. The largest absolute Gasteiger partial charge is 0.433 e. The van der Waals surface area contributed by atoms with Crippen molar-refractivity contribution >= 4 is 22.5 Å². The molecule has 4 N–H and O–H groups in total. The van der Waals surface area contributed by atoms with Crippen molar-refractivity contribution in [2.75, 3.05) is 39.0 Å². The molecule has 1 saturated heterocycles. The Morgan fingerprint density at radius 3 is 2.64 bits per heavy atom. The molecule has 2 aliphatic rings. The number of hydrogen-bond donors (Lipinski definition) is 3. The van der Waals surface area contributed by atoms with Crippen LogP contribution in [0.4, 0.5) is 14.6 Å². The summed E-state index contributed by atoms with van der Waals surface area (Å²) in [5.74, 6) is -2.47. The molecule has 0 amide bonds. The zero-order chi connectivity index (χ0) is 30.7. The van der Waals surface area contributed by atoms with Crippen LogP contribution in [0.3, 0.4) is 0 Å². The van der Waals surface area contributed by atoms with E-state index in [1.165, 1.54) is 34.8 Å². The summed E-state index contributed by atoms with van der Waals surface area (Å²) >= 11 is 0. The lowest BCUT2D eigenvalue weighted by Crippen LogP contribution is -2.60. The number of nitrogens with one attached hydrogen (secondary N) is 1. The number of hydrogen-bond acceptors (Lipinski definition) is 8. The fourth-order valence-corrected chi connectivity index (χ4v) is 6.44. The number of ether oxygens (including phenoxy) is 1. The number of halogens is 2. The van der Waals surface area contributed by atoms with Gasteiger partial charge in [-0.3, -0.25) is 9.69 Å². The lowest BCUT2D eigenvalue weighted by atomic mass is 9.88. The number of nitrogens with two attached hydrogens (primary N) is 1. The quantitative estimate of drug-likeness (QED) is 0.239. The molecule has 1 unspecified atom stereocenters. The highest BCUT2D eigenvalue weighted by molar-refractivity contribution is 6.12. The molecule has 12 heteroatoms. The number of likely N-dealkylation sites (tertiary alicyclic amines) is 1. The molecule has 1 atom stereocenters. The van der Waals surface area contributed by atoms with Crippen molar-refractivity contribution in [3.8, 4) is 17.3 Å². The second-order valence-corrected chi connectivity index (χ2v) is 11.5. The summed E-state index contributed by atoms with van der Waals surface area (Å²) in [5, 5.41) is 15.7. The number of anilines is 1. The first-order chi connectivity index (χ1) is 21.2. The molecule has 0 aliphatic carbocycles. The third-order valence-corrected chi connectivity index (χ3v) is 8.70. The molecule has 10 nitrogen and oxygen atoms in total. The van der Waals surface area contributed by atoms with Crippen LogP contribution in [0.1, 0.15) is 38.8 Å². The molecule has 0 saturated carbocycles. The van der Waals surface area contributed by atoms with Crippen molar-refractivity contribution < 1.29 is 23.4 Å². The number of aryl methyl sites for hydroxylation is 1. The average molecular weight is 600 g/mol. The van der Waals surface area contributed by atoms with E-state index < -0.39 is 17.4 Å². The summed E-state index contributed by atoms with van der Waals surface area (Å²) in [6, 6.07) is 11.1. The summed E-state index contributed by atoms with van der Waals surface area (Å²) in [5.41, 5.74) is 11.1. The van der Waals surface area contributed by atoms with Crippen LogP contribution in [-0.2, 0) is 6.42 Å². The Morgan fingerprint density at radius 1 is 1.16 bits per heavy atom. The first-order valence-electron chi connectivity index (χ1n) is 14.4. The van der Waals surface area contributed by atoms with Gasteiger partial charge in [0.15, 0.2) is 11.6 Å². The zero-order valence-electron chi connectivity index (χ0n) is 24.2. The molecule has 2 aromatic carbocycles. The van der Waals surface area contributed by atoms with E-state index in [1.807, 2.05) is 12.1 Å². The topological polar surface area (TPSA) is 126 Å². The molecule has 3 aromatic heterocycles. The van der Waals surface area contributed by atoms with Gasteiger partial charge in [-0.2, -0.15) is 5.10 Å². The number of aliphatic hydroxyl groups is 1. The molecule has 2 aliphatic heterocycles. The van der Waals surface area contributed by atoms with Crippen LogP contribution < -0.4 is 10.5 Å². The molecule has 5 heterocycles.